The maximum absolute atomic E-state index is 12.4. The number of rotatable bonds is 5. The second kappa shape index (κ2) is 6.92. The van der Waals surface area contributed by atoms with Crippen LogP contribution in [0.5, 0.6) is 0 Å². The number of benzene rings is 2. The van der Waals surface area contributed by atoms with Crippen molar-refractivity contribution >= 4 is 23.5 Å². The van der Waals surface area contributed by atoms with Gasteiger partial charge in [-0.05, 0) is 30.7 Å². The van der Waals surface area contributed by atoms with E-state index >= 15 is 0 Å². The highest BCUT2D eigenvalue weighted by Gasteiger charge is 2.19. The van der Waals surface area contributed by atoms with Crippen LogP contribution in [0.1, 0.15) is 21.5 Å². The molecule has 0 aromatic heterocycles. The van der Waals surface area contributed by atoms with Gasteiger partial charge in [-0.25, -0.2) is 4.79 Å². The third-order valence-corrected chi connectivity index (χ3v) is 3.51. The number of hydrogen-bond acceptors (Lipinski definition) is 3. The molecule has 0 saturated heterocycles. The van der Waals surface area contributed by atoms with Gasteiger partial charge in [-0.15, -0.1) is 0 Å². The van der Waals surface area contributed by atoms with Crippen molar-refractivity contribution in [1.29, 1.82) is 0 Å². The fourth-order valence-electron chi connectivity index (χ4n) is 2.12. The van der Waals surface area contributed by atoms with Crippen LogP contribution in [0.2, 0.25) is 0 Å². The molecular weight excluding hydrogens is 290 g/mol. The molecule has 0 amide bonds. The average molecular weight is 309 g/mol. The van der Waals surface area contributed by atoms with Crippen molar-refractivity contribution in [3.8, 4) is 0 Å². The van der Waals surface area contributed by atoms with Gasteiger partial charge < -0.3 is 10.0 Å². The van der Waals surface area contributed by atoms with E-state index in [1.165, 1.54) is 6.08 Å². The van der Waals surface area contributed by atoms with E-state index < -0.39 is 11.8 Å². The molecule has 0 heterocycles. The van der Waals surface area contributed by atoms with E-state index in [9.17, 15) is 14.7 Å². The number of ketones is 1. The molecule has 0 radical (unpaired) electrons. The number of carbonyl (C=O) groups excluding carboxylic acids is 1. The SMILES string of the molecule is Cc1ccc(C(=O)/C(=C/c2ccc(N(C)C)cc2)C(=O)O)cc1. The standard InChI is InChI=1S/C19H19NO3/c1-13-4-8-15(9-5-13)18(21)17(19(22)23)12-14-6-10-16(11-7-14)20(2)3/h4-12H,1-3H3,(H,22,23)/b17-12-. The maximum atomic E-state index is 12.4. The molecule has 118 valence electrons. The van der Waals surface area contributed by atoms with Gasteiger partial charge in [-0.2, -0.15) is 0 Å². The summed E-state index contributed by atoms with van der Waals surface area (Å²) in [6, 6.07) is 14.2. The van der Waals surface area contributed by atoms with Crippen LogP contribution >= 0.6 is 0 Å². The van der Waals surface area contributed by atoms with Crippen LogP contribution in [-0.2, 0) is 4.79 Å². The van der Waals surface area contributed by atoms with E-state index in [2.05, 4.69) is 0 Å². The van der Waals surface area contributed by atoms with Gasteiger partial charge >= 0.3 is 5.97 Å². The summed E-state index contributed by atoms with van der Waals surface area (Å²) in [5.74, 6) is -1.72. The number of aliphatic carboxylic acids is 1. The lowest BCUT2D eigenvalue weighted by molar-refractivity contribution is -0.132. The zero-order chi connectivity index (χ0) is 17.0. The molecule has 4 nitrogen and oxygen atoms in total. The Balaban J connectivity index is 2.35. The predicted molar refractivity (Wildman–Crippen MR) is 91.9 cm³/mol. The van der Waals surface area contributed by atoms with Crippen molar-refractivity contribution in [2.45, 2.75) is 6.92 Å². The fraction of sp³-hybridized carbons (Fsp3) is 0.158. The molecular formula is C19H19NO3. The lowest BCUT2D eigenvalue weighted by atomic mass is 10.00. The van der Waals surface area contributed by atoms with Gasteiger partial charge in [0, 0.05) is 25.3 Å². The minimum absolute atomic E-state index is 0.244. The summed E-state index contributed by atoms with van der Waals surface area (Å²) in [6.07, 6.45) is 1.41. The summed E-state index contributed by atoms with van der Waals surface area (Å²) >= 11 is 0. The first-order valence-electron chi connectivity index (χ1n) is 7.22. The van der Waals surface area contributed by atoms with Crippen molar-refractivity contribution < 1.29 is 14.7 Å². The molecule has 1 N–H and O–H groups in total. The number of carboxylic acids is 1. The normalized spacial score (nSPS) is 11.2. The van der Waals surface area contributed by atoms with E-state index in [0.717, 1.165) is 11.3 Å². The Labute approximate surface area is 135 Å². The highest BCUT2D eigenvalue weighted by atomic mass is 16.4. The van der Waals surface area contributed by atoms with Crippen molar-refractivity contribution in [3.05, 3.63) is 70.8 Å². The number of anilines is 1. The lowest BCUT2D eigenvalue weighted by Gasteiger charge is -2.12. The van der Waals surface area contributed by atoms with E-state index in [-0.39, 0.29) is 5.57 Å². The minimum atomic E-state index is -1.23. The largest absolute Gasteiger partial charge is 0.478 e. The molecule has 2 aromatic carbocycles. The molecule has 0 aliphatic heterocycles. The minimum Gasteiger partial charge on any atom is -0.478 e. The highest BCUT2D eigenvalue weighted by molar-refractivity contribution is 6.26. The van der Waals surface area contributed by atoms with Crippen molar-refractivity contribution in [1.82, 2.24) is 0 Å². The van der Waals surface area contributed by atoms with Gasteiger partial charge in [0.1, 0.15) is 5.57 Å². The summed E-state index contributed by atoms with van der Waals surface area (Å²) < 4.78 is 0. The number of carbonyl (C=O) groups is 2. The van der Waals surface area contributed by atoms with Crippen LogP contribution in [0.15, 0.2) is 54.1 Å². The second-order valence-electron chi connectivity index (χ2n) is 5.54. The highest BCUT2D eigenvalue weighted by Crippen LogP contribution is 2.17. The van der Waals surface area contributed by atoms with Crippen LogP contribution in [0.3, 0.4) is 0 Å². The quantitative estimate of drug-likeness (QED) is 0.398. The van der Waals surface area contributed by atoms with Crippen molar-refractivity contribution in [2.75, 3.05) is 19.0 Å². The number of nitrogens with zero attached hydrogens (tertiary/aromatic N) is 1. The molecule has 0 aliphatic rings. The number of hydrogen-bond donors (Lipinski definition) is 1. The van der Waals surface area contributed by atoms with Gasteiger partial charge in [-0.3, -0.25) is 4.79 Å². The third kappa shape index (κ3) is 4.07. The molecule has 0 atom stereocenters. The molecule has 2 aromatic rings. The summed E-state index contributed by atoms with van der Waals surface area (Å²) in [6.45, 7) is 1.91. The van der Waals surface area contributed by atoms with Gasteiger partial charge in [0.05, 0.1) is 0 Å². The van der Waals surface area contributed by atoms with Gasteiger partial charge in [0.2, 0.25) is 0 Å². The van der Waals surface area contributed by atoms with Gasteiger partial charge in [0.15, 0.2) is 5.78 Å². The lowest BCUT2D eigenvalue weighted by Crippen LogP contribution is -2.12. The van der Waals surface area contributed by atoms with E-state index in [1.54, 1.807) is 36.4 Å². The average Bonchev–Trinajstić information content (AvgIpc) is 2.53. The molecule has 2 rings (SSSR count). The van der Waals surface area contributed by atoms with Crippen molar-refractivity contribution in [2.24, 2.45) is 0 Å². The smallest absolute Gasteiger partial charge is 0.339 e. The van der Waals surface area contributed by atoms with Gasteiger partial charge in [-0.1, -0.05) is 42.0 Å². The van der Waals surface area contributed by atoms with E-state index in [4.69, 9.17) is 0 Å². The van der Waals surface area contributed by atoms with Crippen molar-refractivity contribution in [3.63, 3.8) is 0 Å². The Morgan fingerprint density at radius 1 is 0.957 bits per heavy atom. The second-order valence-corrected chi connectivity index (χ2v) is 5.54. The predicted octanol–water partition coefficient (Wildman–Crippen LogP) is 3.41. The van der Waals surface area contributed by atoms with E-state index in [0.29, 0.717) is 11.1 Å². The third-order valence-electron chi connectivity index (χ3n) is 3.51. The van der Waals surface area contributed by atoms with Crippen LogP contribution in [0.4, 0.5) is 5.69 Å². The Hall–Kier alpha value is -2.88. The Kier molecular flexibility index (Phi) is 4.96. The zero-order valence-corrected chi connectivity index (χ0v) is 13.4. The summed E-state index contributed by atoms with van der Waals surface area (Å²) in [5, 5.41) is 9.37. The molecule has 0 bridgehead atoms. The maximum Gasteiger partial charge on any atom is 0.339 e. The molecule has 23 heavy (non-hydrogen) atoms. The molecule has 4 heteroatoms. The Morgan fingerprint density at radius 2 is 1.52 bits per heavy atom. The molecule has 0 fully saturated rings. The molecule has 0 aliphatic carbocycles. The number of carboxylic acid groups (broad SMARTS) is 1. The van der Waals surface area contributed by atoms with Crippen LogP contribution in [0, 0.1) is 6.92 Å². The summed E-state index contributed by atoms with van der Waals surface area (Å²) in [7, 11) is 3.85. The Morgan fingerprint density at radius 3 is 2.00 bits per heavy atom. The van der Waals surface area contributed by atoms with E-state index in [1.807, 2.05) is 38.1 Å². The number of Topliss-reactive ketones (excluding diaryl/α,β-unsaturated/α-hetero) is 1. The van der Waals surface area contributed by atoms with Crippen LogP contribution in [0.25, 0.3) is 6.08 Å². The fourth-order valence-corrected chi connectivity index (χ4v) is 2.12. The number of aryl methyl sites for hydroxylation is 1. The molecule has 0 saturated carbocycles. The van der Waals surface area contributed by atoms with Crippen LogP contribution < -0.4 is 4.90 Å². The first-order valence-corrected chi connectivity index (χ1v) is 7.22. The first-order chi connectivity index (χ1) is 10.9. The molecule has 0 spiro atoms. The molecule has 0 unspecified atom stereocenters. The zero-order valence-electron chi connectivity index (χ0n) is 13.4. The topological polar surface area (TPSA) is 57.6 Å². The Bertz CT molecular complexity index is 741. The summed E-state index contributed by atoms with van der Waals surface area (Å²) in [5.41, 5.74) is 2.82. The van der Waals surface area contributed by atoms with Crippen LogP contribution in [-0.4, -0.2) is 31.0 Å². The summed E-state index contributed by atoms with van der Waals surface area (Å²) in [4.78, 5) is 25.8. The van der Waals surface area contributed by atoms with Gasteiger partial charge in [0.25, 0.3) is 0 Å². The first kappa shape index (κ1) is 16.5. The monoisotopic (exact) mass is 309 g/mol.